The van der Waals surface area contributed by atoms with Gasteiger partial charge in [-0.15, -0.1) is 0 Å². The Morgan fingerprint density at radius 3 is 2.55 bits per heavy atom. The molecule has 110 valence electrons. The summed E-state index contributed by atoms with van der Waals surface area (Å²) in [5.74, 6) is 0.0901. The standard InChI is InChI=1S/C16H23ClN2O/c1-12-14(17)8-7-9-15(12)18-16(20)13(2)19-10-5-3-4-6-11-19/h7-9,13H,3-6,10-11H2,1-2H3,(H,18,20)/p+1/t13-/m1/s1. The summed E-state index contributed by atoms with van der Waals surface area (Å²) in [5.41, 5.74) is 1.75. The second-order valence-corrected chi connectivity index (χ2v) is 6.10. The molecule has 20 heavy (non-hydrogen) atoms. The molecular weight excluding hydrogens is 272 g/mol. The van der Waals surface area contributed by atoms with Crippen molar-refractivity contribution in [3.05, 3.63) is 28.8 Å². The molecule has 1 aromatic rings. The topological polar surface area (TPSA) is 33.5 Å². The molecule has 2 N–H and O–H groups in total. The summed E-state index contributed by atoms with van der Waals surface area (Å²) >= 11 is 6.09. The highest BCUT2D eigenvalue weighted by atomic mass is 35.5. The van der Waals surface area contributed by atoms with Crippen LogP contribution in [-0.2, 0) is 4.79 Å². The van der Waals surface area contributed by atoms with Gasteiger partial charge in [-0.1, -0.05) is 17.7 Å². The van der Waals surface area contributed by atoms with Gasteiger partial charge in [0.05, 0.1) is 13.1 Å². The molecule has 1 aliphatic heterocycles. The normalized spacial score (nSPS) is 18.4. The summed E-state index contributed by atoms with van der Waals surface area (Å²) in [6, 6.07) is 5.61. The molecule has 0 spiro atoms. The first-order chi connectivity index (χ1) is 9.59. The van der Waals surface area contributed by atoms with Gasteiger partial charge in [-0.25, -0.2) is 0 Å². The number of rotatable bonds is 3. The molecule has 1 aliphatic rings. The number of hydrogen-bond donors (Lipinski definition) is 2. The highest BCUT2D eigenvalue weighted by Crippen LogP contribution is 2.22. The molecule has 0 saturated carbocycles. The Bertz CT molecular complexity index is 468. The maximum atomic E-state index is 12.4. The van der Waals surface area contributed by atoms with Crippen molar-refractivity contribution in [1.29, 1.82) is 0 Å². The van der Waals surface area contributed by atoms with E-state index in [-0.39, 0.29) is 11.9 Å². The molecule has 0 aliphatic carbocycles. The van der Waals surface area contributed by atoms with E-state index in [9.17, 15) is 4.79 Å². The number of halogens is 1. The number of carbonyl (C=O) groups excluding carboxylic acids is 1. The van der Waals surface area contributed by atoms with Crippen LogP contribution in [0.5, 0.6) is 0 Å². The molecule has 3 nitrogen and oxygen atoms in total. The predicted octanol–water partition coefficient (Wildman–Crippen LogP) is 2.43. The van der Waals surface area contributed by atoms with Gasteiger partial charge in [-0.05, 0) is 57.2 Å². The van der Waals surface area contributed by atoms with E-state index >= 15 is 0 Å². The van der Waals surface area contributed by atoms with Crippen LogP contribution in [0.1, 0.15) is 38.2 Å². The van der Waals surface area contributed by atoms with Crippen LogP contribution >= 0.6 is 11.6 Å². The zero-order valence-electron chi connectivity index (χ0n) is 12.3. The van der Waals surface area contributed by atoms with Crippen molar-refractivity contribution in [2.75, 3.05) is 18.4 Å². The molecule has 1 heterocycles. The molecule has 1 fully saturated rings. The molecule has 4 heteroatoms. The van der Waals surface area contributed by atoms with Crippen molar-refractivity contribution in [2.45, 2.75) is 45.6 Å². The fourth-order valence-electron chi connectivity index (χ4n) is 2.78. The number of carbonyl (C=O) groups is 1. The quantitative estimate of drug-likeness (QED) is 0.882. The Morgan fingerprint density at radius 1 is 1.25 bits per heavy atom. The van der Waals surface area contributed by atoms with Crippen LogP contribution in [0.15, 0.2) is 18.2 Å². The highest BCUT2D eigenvalue weighted by Gasteiger charge is 2.26. The Balaban J connectivity index is 2.01. The third-order valence-electron chi connectivity index (χ3n) is 4.28. The smallest absolute Gasteiger partial charge is 0.282 e. The van der Waals surface area contributed by atoms with E-state index in [1.165, 1.54) is 30.6 Å². The van der Waals surface area contributed by atoms with Gasteiger partial charge in [0.2, 0.25) is 0 Å². The Morgan fingerprint density at radius 2 is 1.90 bits per heavy atom. The van der Waals surface area contributed by atoms with Gasteiger partial charge in [0.1, 0.15) is 0 Å². The maximum absolute atomic E-state index is 12.4. The first-order valence-corrected chi connectivity index (χ1v) is 7.88. The van der Waals surface area contributed by atoms with Crippen LogP contribution in [0.4, 0.5) is 5.69 Å². The van der Waals surface area contributed by atoms with Gasteiger partial charge in [0.25, 0.3) is 5.91 Å². The Labute approximate surface area is 126 Å². The van der Waals surface area contributed by atoms with E-state index in [1.807, 2.05) is 32.0 Å². The molecule has 0 unspecified atom stereocenters. The van der Waals surface area contributed by atoms with Crippen molar-refractivity contribution in [3.63, 3.8) is 0 Å². The third-order valence-corrected chi connectivity index (χ3v) is 4.69. The number of hydrogen-bond acceptors (Lipinski definition) is 1. The van der Waals surface area contributed by atoms with Crippen molar-refractivity contribution < 1.29 is 9.69 Å². The first kappa shape index (κ1) is 15.3. The van der Waals surface area contributed by atoms with Crippen LogP contribution in [0.25, 0.3) is 0 Å². The number of benzene rings is 1. The van der Waals surface area contributed by atoms with E-state index in [0.29, 0.717) is 5.02 Å². The minimum atomic E-state index is -0.00789. The lowest BCUT2D eigenvalue weighted by molar-refractivity contribution is -0.913. The third kappa shape index (κ3) is 3.74. The summed E-state index contributed by atoms with van der Waals surface area (Å²) in [7, 11) is 0. The molecule has 0 radical (unpaired) electrons. The van der Waals surface area contributed by atoms with Gasteiger partial charge in [-0.2, -0.15) is 0 Å². The Hall–Kier alpha value is -1.06. The van der Waals surface area contributed by atoms with Crippen LogP contribution in [0, 0.1) is 6.92 Å². The minimum absolute atomic E-state index is 0.00789. The largest absolute Gasteiger partial charge is 0.325 e. The minimum Gasteiger partial charge on any atom is -0.325 e. The summed E-state index contributed by atoms with van der Waals surface area (Å²) in [4.78, 5) is 13.8. The molecule has 0 bridgehead atoms. The van der Waals surface area contributed by atoms with Crippen molar-refractivity contribution >= 4 is 23.2 Å². The van der Waals surface area contributed by atoms with Gasteiger partial charge in [-0.3, -0.25) is 4.79 Å². The zero-order chi connectivity index (χ0) is 14.5. The van der Waals surface area contributed by atoms with E-state index in [2.05, 4.69) is 5.32 Å². The molecular formula is C16H24ClN2O+. The van der Waals surface area contributed by atoms with Gasteiger partial charge in [0, 0.05) is 10.7 Å². The number of anilines is 1. The van der Waals surface area contributed by atoms with E-state index in [1.54, 1.807) is 0 Å². The zero-order valence-corrected chi connectivity index (χ0v) is 13.1. The number of likely N-dealkylation sites (tertiary alicyclic amines) is 1. The van der Waals surface area contributed by atoms with Gasteiger partial charge < -0.3 is 10.2 Å². The molecule has 1 atom stereocenters. The van der Waals surface area contributed by atoms with E-state index in [0.717, 1.165) is 24.3 Å². The predicted molar refractivity (Wildman–Crippen MR) is 83.4 cm³/mol. The number of quaternary nitrogens is 1. The lowest BCUT2D eigenvalue weighted by atomic mass is 10.2. The monoisotopic (exact) mass is 295 g/mol. The van der Waals surface area contributed by atoms with E-state index < -0.39 is 0 Å². The van der Waals surface area contributed by atoms with Crippen LogP contribution in [-0.4, -0.2) is 25.0 Å². The second kappa shape index (κ2) is 7.09. The average molecular weight is 296 g/mol. The molecule has 2 rings (SSSR count). The summed E-state index contributed by atoms with van der Waals surface area (Å²) in [6.45, 7) is 6.16. The summed E-state index contributed by atoms with van der Waals surface area (Å²) < 4.78 is 0. The van der Waals surface area contributed by atoms with Crippen LogP contribution < -0.4 is 10.2 Å². The van der Waals surface area contributed by atoms with E-state index in [4.69, 9.17) is 11.6 Å². The fraction of sp³-hybridized carbons (Fsp3) is 0.562. The summed E-state index contributed by atoms with van der Waals surface area (Å²) in [5, 5.41) is 3.72. The Kier molecular flexibility index (Phi) is 5.44. The lowest BCUT2D eigenvalue weighted by Gasteiger charge is -2.24. The highest BCUT2D eigenvalue weighted by molar-refractivity contribution is 6.31. The first-order valence-electron chi connectivity index (χ1n) is 7.50. The SMILES string of the molecule is Cc1c(Cl)cccc1NC(=O)[C@@H](C)[NH+]1CCCCCC1. The fourth-order valence-corrected chi connectivity index (χ4v) is 2.96. The lowest BCUT2D eigenvalue weighted by Crippen LogP contribution is -3.16. The molecule has 0 aromatic heterocycles. The van der Waals surface area contributed by atoms with Crippen molar-refractivity contribution in [1.82, 2.24) is 0 Å². The molecule has 1 aromatic carbocycles. The number of amides is 1. The van der Waals surface area contributed by atoms with Crippen LogP contribution in [0.2, 0.25) is 5.02 Å². The molecule has 1 amide bonds. The number of nitrogens with one attached hydrogen (secondary N) is 2. The van der Waals surface area contributed by atoms with Gasteiger partial charge >= 0.3 is 0 Å². The summed E-state index contributed by atoms with van der Waals surface area (Å²) in [6.07, 6.45) is 5.04. The molecule has 1 saturated heterocycles. The second-order valence-electron chi connectivity index (χ2n) is 5.70. The van der Waals surface area contributed by atoms with Crippen LogP contribution in [0.3, 0.4) is 0 Å². The average Bonchev–Trinajstić information content (AvgIpc) is 2.72. The van der Waals surface area contributed by atoms with Crippen molar-refractivity contribution in [2.24, 2.45) is 0 Å². The maximum Gasteiger partial charge on any atom is 0.282 e. The van der Waals surface area contributed by atoms with Crippen molar-refractivity contribution in [3.8, 4) is 0 Å². The van der Waals surface area contributed by atoms with Gasteiger partial charge in [0.15, 0.2) is 6.04 Å².